The van der Waals surface area contributed by atoms with Gasteiger partial charge >= 0.3 is 8.25 Å². The quantitative estimate of drug-likeness (QED) is 0.477. The average molecular weight is 155 g/mol. The molecule has 0 saturated carbocycles. The molecule has 0 rings (SSSR count). The van der Waals surface area contributed by atoms with Crippen molar-refractivity contribution in [3.8, 4) is 0 Å². The van der Waals surface area contributed by atoms with Crippen LogP contribution in [0.25, 0.3) is 0 Å². The van der Waals surface area contributed by atoms with Crippen LogP contribution < -0.4 is 0 Å². The van der Waals surface area contributed by atoms with Crippen LogP contribution >= 0.6 is 8.25 Å². The Balaban J connectivity index is 0. The minimum atomic E-state index is -2.36. The normalized spacial score (nSPS) is 10.2. The van der Waals surface area contributed by atoms with Crippen LogP contribution in [0.4, 0.5) is 0 Å². The van der Waals surface area contributed by atoms with E-state index in [1.807, 2.05) is 6.92 Å². The lowest BCUT2D eigenvalue weighted by Gasteiger charge is -1.83. The van der Waals surface area contributed by atoms with Gasteiger partial charge in [-0.2, -0.15) is 0 Å². The van der Waals surface area contributed by atoms with Gasteiger partial charge in [-0.25, -0.2) is 0 Å². The highest BCUT2D eigenvalue weighted by atomic mass is 31.1. The Kier molecular flexibility index (Phi) is 10.4. The van der Waals surface area contributed by atoms with E-state index in [0.29, 0.717) is 6.61 Å². The van der Waals surface area contributed by atoms with Gasteiger partial charge in [0.2, 0.25) is 0 Å². The second kappa shape index (κ2) is 7.98. The summed E-state index contributed by atoms with van der Waals surface area (Å²) < 4.78 is 14.1. The summed E-state index contributed by atoms with van der Waals surface area (Å²) in [6.07, 6.45) is 1.84. The van der Waals surface area contributed by atoms with Crippen molar-refractivity contribution >= 4 is 8.25 Å². The third kappa shape index (κ3) is 11.5. The fourth-order valence-electron chi connectivity index (χ4n) is 0.287. The molecule has 0 spiro atoms. The smallest absolute Gasteiger partial charge is 0.412 e. The Morgan fingerprint density at radius 1 is 1.67 bits per heavy atom. The summed E-state index contributed by atoms with van der Waals surface area (Å²) in [5.74, 6) is 0. The van der Waals surface area contributed by atoms with Crippen molar-refractivity contribution in [3.05, 3.63) is 0 Å². The van der Waals surface area contributed by atoms with Crippen LogP contribution in [-0.2, 0) is 9.09 Å². The highest BCUT2D eigenvalue weighted by Gasteiger charge is 2.08. The highest BCUT2D eigenvalue weighted by Crippen LogP contribution is 2.14. The van der Waals surface area contributed by atoms with Gasteiger partial charge in [-0.05, 0) is 6.42 Å². The van der Waals surface area contributed by atoms with E-state index >= 15 is 0 Å². The SMILES string of the molecule is CCCCO[P+](=O)O.O. The first-order chi connectivity index (χ1) is 3.77. The van der Waals surface area contributed by atoms with Crippen LogP contribution in [-0.4, -0.2) is 17.0 Å². The van der Waals surface area contributed by atoms with Gasteiger partial charge in [0.1, 0.15) is 6.61 Å². The topological polar surface area (TPSA) is 78.0 Å². The molecule has 9 heavy (non-hydrogen) atoms. The highest BCUT2D eigenvalue weighted by molar-refractivity contribution is 7.32. The molecule has 0 amide bonds. The Hall–Kier alpha value is -0.0200. The molecule has 0 radical (unpaired) electrons. The van der Waals surface area contributed by atoms with E-state index in [4.69, 9.17) is 4.89 Å². The summed E-state index contributed by atoms with van der Waals surface area (Å²) in [6.45, 7) is 2.38. The number of hydrogen-bond acceptors (Lipinski definition) is 2. The van der Waals surface area contributed by atoms with Crippen molar-refractivity contribution in [1.29, 1.82) is 0 Å². The molecule has 0 aliphatic heterocycles. The fourth-order valence-corrected chi connectivity index (χ4v) is 0.572. The first-order valence-corrected chi connectivity index (χ1v) is 3.69. The van der Waals surface area contributed by atoms with E-state index in [2.05, 4.69) is 4.52 Å². The summed E-state index contributed by atoms with van der Waals surface area (Å²) in [7, 11) is -2.36. The molecule has 0 heterocycles. The Labute approximate surface area is 55.1 Å². The maximum atomic E-state index is 9.80. The molecule has 56 valence electrons. The lowest BCUT2D eigenvalue weighted by atomic mass is 10.4. The molecule has 1 unspecified atom stereocenters. The molecular formula is C4H12O4P+. The van der Waals surface area contributed by atoms with Crippen LogP contribution in [0.3, 0.4) is 0 Å². The minimum Gasteiger partial charge on any atom is -0.412 e. The van der Waals surface area contributed by atoms with Gasteiger partial charge in [-0.3, -0.25) is 0 Å². The molecule has 0 bridgehead atoms. The monoisotopic (exact) mass is 155 g/mol. The first kappa shape index (κ1) is 11.7. The molecule has 4 nitrogen and oxygen atoms in total. The average Bonchev–Trinajstić information content (AvgIpc) is 1.66. The van der Waals surface area contributed by atoms with Crippen LogP contribution in [0.5, 0.6) is 0 Å². The van der Waals surface area contributed by atoms with Crippen molar-refractivity contribution < 1.29 is 19.5 Å². The number of hydrogen-bond donors (Lipinski definition) is 1. The second-order valence-corrected chi connectivity index (χ2v) is 2.16. The van der Waals surface area contributed by atoms with Gasteiger partial charge in [0.15, 0.2) is 0 Å². The summed E-state index contributed by atoms with van der Waals surface area (Å²) in [5.41, 5.74) is 0. The van der Waals surface area contributed by atoms with Gasteiger partial charge in [0, 0.05) is 4.57 Å². The van der Waals surface area contributed by atoms with E-state index < -0.39 is 8.25 Å². The van der Waals surface area contributed by atoms with Crippen molar-refractivity contribution in [2.45, 2.75) is 19.8 Å². The molecule has 1 atom stereocenters. The molecule has 0 saturated heterocycles. The zero-order chi connectivity index (χ0) is 6.41. The number of rotatable bonds is 4. The zero-order valence-electron chi connectivity index (χ0n) is 5.33. The fraction of sp³-hybridized carbons (Fsp3) is 1.00. The molecular weight excluding hydrogens is 143 g/mol. The van der Waals surface area contributed by atoms with E-state index in [0.717, 1.165) is 12.8 Å². The van der Waals surface area contributed by atoms with Crippen molar-refractivity contribution in [2.75, 3.05) is 6.61 Å². The molecule has 5 heteroatoms. The molecule has 0 aliphatic rings. The summed E-state index contributed by atoms with van der Waals surface area (Å²) in [5, 5.41) is 0. The molecule has 0 fully saturated rings. The summed E-state index contributed by atoms with van der Waals surface area (Å²) in [6, 6.07) is 0. The van der Waals surface area contributed by atoms with Gasteiger partial charge in [-0.15, -0.1) is 9.42 Å². The third-order valence-electron chi connectivity index (χ3n) is 0.700. The Morgan fingerprint density at radius 3 is 2.56 bits per heavy atom. The Bertz CT molecular complexity index is 75.0. The van der Waals surface area contributed by atoms with Crippen molar-refractivity contribution in [3.63, 3.8) is 0 Å². The molecule has 0 aromatic heterocycles. The van der Waals surface area contributed by atoms with Gasteiger partial charge in [0.25, 0.3) is 0 Å². The molecule has 0 aromatic rings. The maximum absolute atomic E-state index is 9.80. The summed E-state index contributed by atoms with van der Waals surface area (Å²) in [4.78, 5) is 8.07. The van der Waals surface area contributed by atoms with E-state index in [9.17, 15) is 4.57 Å². The van der Waals surface area contributed by atoms with E-state index in [1.54, 1.807) is 0 Å². The van der Waals surface area contributed by atoms with Gasteiger partial charge < -0.3 is 5.48 Å². The van der Waals surface area contributed by atoms with Gasteiger partial charge in [0.05, 0.1) is 0 Å². The molecule has 3 N–H and O–H groups in total. The summed E-state index contributed by atoms with van der Waals surface area (Å²) >= 11 is 0. The van der Waals surface area contributed by atoms with Crippen LogP contribution in [0.15, 0.2) is 0 Å². The largest absolute Gasteiger partial charge is 0.694 e. The maximum Gasteiger partial charge on any atom is 0.694 e. The minimum absolute atomic E-state index is 0. The third-order valence-corrected chi connectivity index (χ3v) is 1.10. The van der Waals surface area contributed by atoms with Crippen molar-refractivity contribution in [2.24, 2.45) is 0 Å². The second-order valence-electron chi connectivity index (χ2n) is 1.42. The molecule has 0 aromatic carbocycles. The van der Waals surface area contributed by atoms with E-state index in [1.165, 1.54) is 0 Å². The standard InChI is InChI=1S/C4H9O3P.H2O/c1-2-3-4-7-8(5)6;/h2-4H2,1H3;1H2/p+1. The predicted molar refractivity (Wildman–Crippen MR) is 34.3 cm³/mol. The zero-order valence-corrected chi connectivity index (χ0v) is 6.23. The number of unbranched alkanes of at least 4 members (excludes halogenated alkanes) is 1. The van der Waals surface area contributed by atoms with E-state index in [-0.39, 0.29) is 5.48 Å². The molecule has 0 aliphatic carbocycles. The van der Waals surface area contributed by atoms with Crippen LogP contribution in [0, 0.1) is 0 Å². The van der Waals surface area contributed by atoms with Crippen LogP contribution in [0.2, 0.25) is 0 Å². The Morgan fingerprint density at radius 2 is 2.22 bits per heavy atom. The first-order valence-electron chi connectivity index (χ1n) is 2.56. The van der Waals surface area contributed by atoms with Gasteiger partial charge in [-0.1, -0.05) is 13.3 Å². The van der Waals surface area contributed by atoms with Crippen molar-refractivity contribution in [1.82, 2.24) is 0 Å². The lowest BCUT2D eigenvalue weighted by Crippen LogP contribution is -1.82. The lowest BCUT2D eigenvalue weighted by molar-refractivity contribution is 0.276. The predicted octanol–water partition coefficient (Wildman–Crippen LogP) is 0.628. The van der Waals surface area contributed by atoms with Crippen LogP contribution in [0.1, 0.15) is 19.8 Å².